The van der Waals surface area contributed by atoms with E-state index < -0.39 is 59.9 Å². The molecule has 12 nitrogen and oxygen atoms in total. The third-order valence-electron chi connectivity index (χ3n) is 5.33. The van der Waals surface area contributed by atoms with Crippen molar-refractivity contribution in [3.8, 4) is 0 Å². The van der Waals surface area contributed by atoms with E-state index in [-0.39, 0.29) is 12.8 Å². The van der Waals surface area contributed by atoms with E-state index in [9.17, 15) is 29.1 Å². The van der Waals surface area contributed by atoms with E-state index >= 15 is 0 Å². The molecule has 0 heterocycles. The second-order valence-electron chi connectivity index (χ2n) is 9.78. The van der Waals surface area contributed by atoms with Gasteiger partial charge >= 0.3 is 12.1 Å². The lowest BCUT2D eigenvalue weighted by atomic mass is 10.0. The molecule has 0 spiro atoms. The first kappa shape index (κ1) is 30.8. The van der Waals surface area contributed by atoms with Gasteiger partial charge in [0, 0.05) is 12.8 Å². The van der Waals surface area contributed by atoms with Crippen LogP contribution in [0.25, 0.3) is 0 Å². The molecule has 0 saturated carbocycles. The van der Waals surface area contributed by atoms with Crippen LogP contribution < -0.4 is 21.4 Å². The van der Waals surface area contributed by atoms with E-state index in [1.54, 1.807) is 81.4 Å². The first-order valence-corrected chi connectivity index (χ1v) is 12.2. The Kier molecular flexibility index (Phi) is 11.4. The number of hydroxylamine groups is 1. The van der Waals surface area contributed by atoms with Crippen LogP contribution in [0.15, 0.2) is 60.7 Å². The van der Waals surface area contributed by atoms with Gasteiger partial charge in [-0.05, 0) is 31.9 Å². The van der Waals surface area contributed by atoms with Crippen LogP contribution in [0.4, 0.5) is 4.79 Å². The Hall–Kier alpha value is -4.45. The zero-order valence-corrected chi connectivity index (χ0v) is 22.0. The van der Waals surface area contributed by atoms with Crippen LogP contribution in [0.2, 0.25) is 0 Å². The molecular formula is C27H34N4O8. The van der Waals surface area contributed by atoms with Crippen molar-refractivity contribution in [2.75, 3.05) is 0 Å². The van der Waals surface area contributed by atoms with E-state index in [1.165, 1.54) is 5.48 Å². The van der Waals surface area contributed by atoms with Gasteiger partial charge in [0.2, 0.25) is 17.7 Å². The van der Waals surface area contributed by atoms with Crippen molar-refractivity contribution in [1.29, 1.82) is 0 Å². The number of benzene rings is 2. The summed E-state index contributed by atoms with van der Waals surface area (Å²) in [4.78, 5) is 62.2. The van der Waals surface area contributed by atoms with Gasteiger partial charge in [-0.1, -0.05) is 60.7 Å². The molecule has 2 aromatic carbocycles. The molecule has 0 aliphatic heterocycles. The summed E-state index contributed by atoms with van der Waals surface area (Å²) in [7, 11) is 0. The molecule has 210 valence electrons. The van der Waals surface area contributed by atoms with Crippen LogP contribution in [0, 0.1) is 0 Å². The fourth-order valence-electron chi connectivity index (χ4n) is 3.54. The summed E-state index contributed by atoms with van der Waals surface area (Å²) in [5, 5.41) is 25.6. The SMILES string of the molecule is CC(C)(C)OC(=O)N[C@@H](Cc1ccccc1)C(=O)N[C@@H](Cc1ccccc1)C(=O)N[C@@H](CC(=O)NO)C(=O)O. The first-order chi connectivity index (χ1) is 18.4. The maximum Gasteiger partial charge on any atom is 0.408 e. The molecule has 0 unspecified atom stereocenters. The molecule has 0 radical (unpaired) electrons. The fourth-order valence-corrected chi connectivity index (χ4v) is 3.54. The zero-order valence-electron chi connectivity index (χ0n) is 22.0. The predicted octanol–water partition coefficient (Wildman–Crippen LogP) is 1.31. The summed E-state index contributed by atoms with van der Waals surface area (Å²) in [5.74, 6) is -4.11. The molecule has 39 heavy (non-hydrogen) atoms. The van der Waals surface area contributed by atoms with Crippen LogP contribution in [-0.4, -0.2) is 63.8 Å². The number of carboxylic acid groups (broad SMARTS) is 1. The van der Waals surface area contributed by atoms with E-state index in [1.807, 2.05) is 0 Å². The molecule has 0 aromatic heterocycles. The van der Waals surface area contributed by atoms with Gasteiger partial charge in [0.15, 0.2) is 0 Å². The average molecular weight is 543 g/mol. The molecule has 2 rings (SSSR count). The molecule has 6 N–H and O–H groups in total. The Labute approximate surface area is 226 Å². The number of nitrogens with one attached hydrogen (secondary N) is 4. The lowest BCUT2D eigenvalue weighted by Gasteiger charge is -2.26. The number of amides is 4. The molecule has 0 bridgehead atoms. The van der Waals surface area contributed by atoms with Crippen LogP contribution in [-0.2, 0) is 36.8 Å². The number of carboxylic acids is 1. The maximum absolute atomic E-state index is 13.4. The van der Waals surface area contributed by atoms with Crippen molar-refractivity contribution in [3.63, 3.8) is 0 Å². The molecule has 0 saturated heterocycles. The van der Waals surface area contributed by atoms with Gasteiger partial charge in [-0.2, -0.15) is 0 Å². The van der Waals surface area contributed by atoms with Crippen molar-refractivity contribution in [1.82, 2.24) is 21.4 Å². The first-order valence-electron chi connectivity index (χ1n) is 12.2. The number of alkyl carbamates (subject to hydrolysis) is 1. The Balaban J connectivity index is 2.30. The maximum atomic E-state index is 13.4. The highest BCUT2D eigenvalue weighted by Crippen LogP contribution is 2.10. The van der Waals surface area contributed by atoms with Gasteiger partial charge in [-0.3, -0.25) is 19.6 Å². The Morgan fingerprint density at radius 1 is 0.744 bits per heavy atom. The number of ether oxygens (including phenoxy) is 1. The summed E-state index contributed by atoms with van der Waals surface area (Å²) in [6, 6.07) is 13.5. The molecule has 0 aliphatic rings. The molecule has 0 fully saturated rings. The predicted molar refractivity (Wildman–Crippen MR) is 139 cm³/mol. The Morgan fingerprint density at radius 3 is 1.59 bits per heavy atom. The van der Waals surface area contributed by atoms with E-state index in [4.69, 9.17) is 9.94 Å². The van der Waals surface area contributed by atoms with Gasteiger partial charge in [0.25, 0.3) is 0 Å². The van der Waals surface area contributed by atoms with Crippen LogP contribution in [0.3, 0.4) is 0 Å². The van der Waals surface area contributed by atoms with Crippen LogP contribution >= 0.6 is 0 Å². The molecule has 0 aliphatic carbocycles. The lowest BCUT2D eigenvalue weighted by Crippen LogP contribution is -2.57. The minimum Gasteiger partial charge on any atom is -0.480 e. The van der Waals surface area contributed by atoms with Gasteiger partial charge in [-0.25, -0.2) is 15.1 Å². The fraction of sp³-hybridized carbons (Fsp3) is 0.370. The third kappa shape index (κ3) is 11.2. The molecule has 4 amide bonds. The number of rotatable bonds is 12. The highest BCUT2D eigenvalue weighted by Gasteiger charge is 2.31. The van der Waals surface area contributed by atoms with Gasteiger partial charge in [0.1, 0.15) is 23.7 Å². The Bertz CT molecular complexity index is 1140. The standard InChI is InChI=1S/C27H34N4O8/c1-27(2,3)39-26(37)30-20(15-18-12-8-5-9-13-18)24(34)28-19(14-17-10-6-4-7-11-17)23(33)29-21(25(35)36)16-22(32)31-38/h4-13,19-21,38H,14-16H2,1-3H3,(H,28,34)(H,29,33)(H,30,37)(H,31,32)(H,35,36)/t19-,20-,21-/m0/s1. The second-order valence-corrected chi connectivity index (χ2v) is 9.78. The number of hydrogen-bond donors (Lipinski definition) is 6. The van der Waals surface area contributed by atoms with Gasteiger partial charge < -0.3 is 25.8 Å². The lowest BCUT2D eigenvalue weighted by molar-refractivity contribution is -0.145. The smallest absolute Gasteiger partial charge is 0.408 e. The largest absolute Gasteiger partial charge is 0.480 e. The van der Waals surface area contributed by atoms with E-state index in [2.05, 4.69) is 16.0 Å². The zero-order chi connectivity index (χ0) is 29.0. The average Bonchev–Trinajstić information content (AvgIpc) is 2.87. The van der Waals surface area contributed by atoms with Crippen molar-refractivity contribution in [2.45, 2.75) is 63.8 Å². The highest BCUT2D eigenvalue weighted by molar-refractivity contribution is 5.94. The van der Waals surface area contributed by atoms with Crippen molar-refractivity contribution < 1.29 is 39.0 Å². The molecular weight excluding hydrogens is 508 g/mol. The van der Waals surface area contributed by atoms with E-state index in [0.717, 1.165) is 5.56 Å². The quantitative estimate of drug-likeness (QED) is 0.171. The van der Waals surface area contributed by atoms with Crippen molar-refractivity contribution >= 4 is 29.8 Å². The molecule has 12 heteroatoms. The summed E-state index contributed by atoms with van der Waals surface area (Å²) >= 11 is 0. The molecule has 2 aromatic rings. The number of carbonyl (C=O) groups is 5. The normalized spacial score (nSPS) is 13.2. The van der Waals surface area contributed by atoms with Crippen molar-refractivity contribution in [3.05, 3.63) is 71.8 Å². The van der Waals surface area contributed by atoms with Crippen LogP contribution in [0.1, 0.15) is 38.3 Å². The third-order valence-corrected chi connectivity index (χ3v) is 5.33. The summed E-state index contributed by atoms with van der Waals surface area (Å²) in [6.07, 6.45) is -1.49. The summed E-state index contributed by atoms with van der Waals surface area (Å²) in [6.45, 7) is 5.03. The minimum atomic E-state index is -1.67. The van der Waals surface area contributed by atoms with Crippen LogP contribution in [0.5, 0.6) is 0 Å². The van der Waals surface area contributed by atoms with E-state index in [0.29, 0.717) is 5.56 Å². The van der Waals surface area contributed by atoms with Crippen molar-refractivity contribution in [2.24, 2.45) is 0 Å². The Morgan fingerprint density at radius 2 is 1.18 bits per heavy atom. The molecule has 3 atom stereocenters. The van der Waals surface area contributed by atoms with Gasteiger partial charge in [-0.15, -0.1) is 0 Å². The van der Waals surface area contributed by atoms with Gasteiger partial charge in [0.05, 0.1) is 6.42 Å². The highest BCUT2D eigenvalue weighted by atomic mass is 16.6. The number of aliphatic carboxylic acids is 1. The summed E-state index contributed by atoms with van der Waals surface area (Å²) in [5.41, 5.74) is 1.90. The second kappa shape index (κ2) is 14.5. The summed E-state index contributed by atoms with van der Waals surface area (Å²) < 4.78 is 5.30. The topological polar surface area (TPSA) is 183 Å². The minimum absolute atomic E-state index is 0.0125. The monoisotopic (exact) mass is 542 g/mol. The number of carbonyl (C=O) groups excluding carboxylic acids is 4. The number of hydrogen-bond acceptors (Lipinski definition) is 7.